The zero-order chi connectivity index (χ0) is 14.7. The fraction of sp³-hybridized carbons (Fsp3) is 0.154. The highest BCUT2D eigenvalue weighted by molar-refractivity contribution is 6.03. The van der Waals surface area contributed by atoms with Crippen LogP contribution in [0.4, 0.5) is 5.69 Å². The van der Waals surface area contributed by atoms with Crippen molar-refractivity contribution < 1.29 is 4.79 Å². The molecular formula is C13H12N4O3. The average molecular weight is 272 g/mol. The molecule has 1 unspecified atom stereocenters. The number of hydrogen-bond acceptors (Lipinski definition) is 4. The minimum Gasteiger partial charge on any atom is -0.324 e. The Morgan fingerprint density at radius 2 is 2.05 bits per heavy atom. The molecule has 0 aliphatic rings. The molecule has 7 heteroatoms. The number of fused-ring (bicyclic) bond motifs is 1. The van der Waals surface area contributed by atoms with Crippen LogP contribution >= 0.6 is 0 Å². The van der Waals surface area contributed by atoms with Crippen molar-refractivity contribution in [3.8, 4) is 12.3 Å². The number of nitrogens with two attached hydrogens (primary N) is 1. The van der Waals surface area contributed by atoms with Gasteiger partial charge in [0, 0.05) is 6.42 Å². The van der Waals surface area contributed by atoms with Crippen molar-refractivity contribution in [2.45, 2.75) is 12.5 Å². The molecule has 0 saturated heterocycles. The van der Waals surface area contributed by atoms with Crippen molar-refractivity contribution >= 4 is 22.4 Å². The van der Waals surface area contributed by atoms with E-state index < -0.39 is 23.1 Å². The van der Waals surface area contributed by atoms with Gasteiger partial charge in [0.25, 0.3) is 11.1 Å². The highest BCUT2D eigenvalue weighted by Gasteiger charge is 2.15. The predicted octanol–water partition coefficient (Wildman–Crippen LogP) is -0.495. The molecule has 0 aliphatic carbocycles. The van der Waals surface area contributed by atoms with Gasteiger partial charge >= 0.3 is 0 Å². The van der Waals surface area contributed by atoms with Gasteiger partial charge in [0.1, 0.15) is 0 Å². The van der Waals surface area contributed by atoms with Crippen molar-refractivity contribution in [3.05, 3.63) is 38.9 Å². The standard InChI is InChI=1S/C13H12N4O3/c1-2-4-8(14)12(19)15-9-6-3-5-7-10(9)13(20)17-16-11(7)18/h1,3,5-6,8H,4,14H2,(H,15,19)(H,16,18)(H,17,20). The topological polar surface area (TPSA) is 121 Å². The normalized spacial score (nSPS) is 11.8. The number of carbonyl (C=O) groups excluding carboxylic acids is 1. The Kier molecular flexibility index (Phi) is 3.68. The zero-order valence-corrected chi connectivity index (χ0v) is 10.4. The van der Waals surface area contributed by atoms with E-state index in [4.69, 9.17) is 12.2 Å². The Morgan fingerprint density at radius 3 is 2.75 bits per heavy atom. The van der Waals surface area contributed by atoms with Crippen LogP contribution in [-0.4, -0.2) is 22.1 Å². The number of anilines is 1. The first-order valence-corrected chi connectivity index (χ1v) is 5.78. The van der Waals surface area contributed by atoms with E-state index in [0.29, 0.717) is 0 Å². The highest BCUT2D eigenvalue weighted by Crippen LogP contribution is 2.16. The maximum atomic E-state index is 11.8. The van der Waals surface area contributed by atoms with E-state index >= 15 is 0 Å². The van der Waals surface area contributed by atoms with Gasteiger partial charge in [0.2, 0.25) is 5.91 Å². The van der Waals surface area contributed by atoms with E-state index in [2.05, 4.69) is 21.4 Å². The van der Waals surface area contributed by atoms with E-state index in [1.807, 2.05) is 0 Å². The van der Waals surface area contributed by atoms with Gasteiger partial charge in [-0.05, 0) is 12.1 Å². The number of aromatic nitrogens is 2. The molecule has 7 nitrogen and oxygen atoms in total. The maximum Gasteiger partial charge on any atom is 0.272 e. The molecule has 0 fully saturated rings. The van der Waals surface area contributed by atoms with Gasteiger partial charge in [-0.15, -0.1) is 12.3 Å². The maximum absolute atomic E-state index is 11.8. The van der Waals surface area contributed by atoms with E-state index in [-0.39, 0.29) is 22.9 Å². The molecule has 102 valence electrons. The fourth-order valence-electron chi connectivity index (χ4n) is 1.78. The molecular weight excluding hydrogens is 260 g/mol. The monoisotopic (exact) mass is 272 g/mol. The minimum absolute atomic E-state index is 0.0769. The third-order valence-electron chi connectivity index (χ3n) is 2.76. The molecule has 2 aromatic rings. The lowest BCUT2D eigenvalue weighted by Crippen LogP contribution is -2.35. The summed E-state index contributed by atoms with van der Waals surface area (Å²) in [6, 6.07) is 3.67. The van der Waals surface area contributed by atoms with Gasteiger partial charge in [-0.1, -0.05) is 6.07 Å². The molecule has 5 N–H and O–H groups in total. The summed E-state index contributed by atoms with van der Waals surface area (Å²) < 4.78 is 0. The number of carbonyl (C=O) groups is 1. The highest BCUT2D eigenvalue weighted by atomic mass is 16.2. The second kappa shape index (κ2) is 5.42. The van der Waals surface area contributed by atoms with Crippen molar-refractivity contribution in [3.63, 3.8) is 0 Å². The van der Waals surface area contributed by atoms with Crippen LogP contribution < -0.4 is 22.2 Å². The summed E-state index contributed by atoms with van der Waals surface area (Å²) in [4.78, 5) is 35.2. The molecule has 0 saturated carbocycles. The van der Waals surface area contributed by atoms with E-state index in [0.717, 1.165) is 0 Å². The minimum atomic E-state index is -0.878. The summed E-state index contributed by atoms with van der Waals surface area (Å²) in [6.45, 7) is 0. The van der Waals surface area contributed by atoms with Gasteiger partial charge < -0.3 is 11.1 Å². The first-order chi connectivity index (χ1) is 9.54. The van der Waals surface area contributed by atoms with Crippen molar-refractivity contribution in [2.75, 3.05) is 5.32 Å². The Bertz CT molecular complexity index is 813. The second-order valence-electron chi connectivity index (χ2n) is 4.14. The molecule has 1 aromatic carbocycles. The molecule has 0 spiro atoms. The second-order valence-corrected chi connectivity index (χ2v) is 4.14. The lowest BCUT2D eigenvalue weighted by atomic mass is 10.1. The third kappa shape index (κ3) is 2.46. The number of terminal acetylenes is 1. The Morgan fingerprint density at radius 1 is 1.35 bits per heavy atom. The summed E-state index contributed by atoms with van der Waals surface area (Å²) in [6.07, 6.45) is 5.16. The number of hydrogen-bond donors (Lipinski definition) is 4. The number of H-pyrrole nitrogens is 2. The first-order valence-electron chi connectivity index (χ1n) is 5.78. The molecule has 0 radical (unpaired) electrons. The van der Waals surface area contributed by atoms with Crippen LogP contribution in [0.15, 0.2) is 27.8 Å². The average Bonchev–Trinajstić information content (AvgIpc) is 2.43. The number of amides is 1. The van der Waals surface area contributed by atoms with Gasteiger partial charge in [-0.25, -0.2) is 0 Å². The van der Waals surface area contributed by atoms with Crippen LogP contribution in [0.5, 0.6) is 0 Å². The van der Waals surface area contributed by atoms with Crippen molar-refractivity contribution in [1.29, 1.82) is 0 Å². The summed E-state index contributed by atoms with van der Waals surface area (Å²) in [5.41, 5.74) is 4.83. The molecule has 1 atom stereocenters. The van der Waals surface area contributed by atoms with E-state index in [9.17, 15) is 14.4 Å². The Hall–Kier alpha value is -2.85. The summed E-state index contributed by atoms with van der Waals surface area (Å²) in [5, 5.41) is 7.19. The first kappa shape index (κ1) is 13.6. The predicted molar refractivity (Wildman–Crippen MR) is 75.2 cm³/mol. The third-order valence-corrected chi connectivity index (χ3v) is 2.76. The number of benzene rings is 1. The number of nitrogens with one attached hydrogen (secondary N) is 3. The van der Waals surface area contributed by atoms with Gasteiger partial charge in [-0.3, -0.25) is 24.6 Å². The van der Waals surface area contributed by atoms with Crippen LogP contribution in [0.1, 0.15) is 6.42 Å². The van der Waals surface area contributed by atoms with Crippen molar-refractivity contribution in [1.82, 2.24) is 10.2 Å². The Labute approximate surface area is 113 Å². The summed E-state index contributed by atoms with van der Waals surface area (Å²) in [5.74, 6) is 1.76. The van der Waals surface area contributed by atoms with Crippen LogP contribution in [0.25, 0.3) is 10.8 Å². The largest absolute Gasteiger partial charge is 0.324 e. The lowest BCUT2D eigenvalue weighted by molar-refractivity contribution is -0.117. The molecule has 0 bridgehead atoms. The molecule has 1 aromatic heterocycles. The van der Waals surface area contributed by atoms with Gasteiger partial charge in [0.05, 0.1) is 22.5 Å². The van der Waals surface area contributed by atoms with Gasteiger partial charge in [-0.2, -0.15) is 0 Å². The molecule has 20 heavy (non-hydrogen) atoms. The molecule has 1 heterocycles. The SMILES string of the molecule is C#CCC(N)C(=O)Nc1cccc2c(=O)[nH][nH]c(=O)c12. The van der Waals surface area contributed by atoms with Crippen LogP contribution in [0.2, 0.25) is 0 Å². The number of rotatable bonds is 3. The number of aromatic amines is 2. The van der Waals surface area contributed by atoms with Crippen LogP contribution in [0, 0.1) is 12.3 Å². The Balaban J connectivity index is 2.49. The molecule has 0 aliphatic heterocycles. The van der Waals surface area contributed by atoms with Crippen molar-refractivity contribution in [2.24, 2.45) is 5.73 Å². The molecule has 1 amide bonds. The van der Waals surface area contributed by atoms with Crippen LogP contribution in [-0.2, 0) is 4.79 Å². The van der Waals surface area contributed by atoms with E-state index in [1.54, 1.807) is 6.07 Å². The van der Waals surface area contributed by atoms with Crippen LogP contribution in [0.3, 0.4) is 0 Å². The van der Waals surface area contributed by atoms with Gasteiger partial charge in [0.15, 0.2) is 0 Å². The smallest absolute Gasteiger partial charge is 0.272 e. The summed E-state index contributed by atoms with van der Waals surface area (Å²) in [7, 11) is 0. The summed E-state index contributed by atoms with van der Waals surface area (Å²) >= 11 is 0. The van der Waals surface area contributed by atoms with E-state index in [1.165, 1.54) is 12.1 Å². The lowest BCUT2D eigenvalue weighted by Gasteiger charge is -2.11. The quantitative estimate of drug-likeness (QED) is 0.563. The fourth-order valence-corrected chi connectivity index (χ4v) is 1.78. The molecule has 2 rings (SSSR count). The zero-order valence-electron chi connectivity index (χ0n) is 10.4.